The van der Waals surface area contributed by atoms with Crippen molar-refractivity contribution in [2.24, 2.45) is 0 Å². The lowest BCUT2D eigenvalue weighted by Gasteiger charge is -2.18. The van der Waals surface area contributed by atoms with E-state index in [0.29, 0.717) is 5.56 Å². The van der Waals surface area contributed by atoms with Crippen molar-refractivity contribution in [2.75, 3.05) is 6.61 Å². The quantitative estimate of drug-likeness (QED) is 0.808. The molecule has 1 atom stereocenters. The summed E-state index contributed by atoms with van der Waals surface area (Å²) in [4.78, 5) is 24.3. The number of benzene rings is 2. The Morgan fingerprint density at radius 1 is 1.00 bits per heavy atom. The molecule has 0 aliphatic heterocycles. The molecule has 0 bridgehead atoms. The van der Waals surface area contributed by atoms with E-state index in [4.69, 9.17) is 4.74 Å². The molecule has 132 valence electrons. The number of aryl methyl sites for hydroxylation is 3. The highest BCUT2D eigenvalue weighted by molar-refractivity contribution is 5.92. The van der Waals surface area contributed by atoms with Crippen molar-refractivity contribution in [1.82, 2.24) is 5.32 Å². The van der Waals surface area contributed by atoms with Crippen LogP contribution in [0.5, 0.6) is 0 Å². The molecule has 2 aromatic carbocycles. The first-order valence-corrected chi connectivity index (χ1v) is 8.51. The Kier molecular flexibility index (Phi) is 6.34. The van der Waals surface area contributed by atoms with E-state index in [1.165, 1.54) is 5.56 Å². The Morgan fingerprint density at radius 3 is 2.28 bits per heavy atom. The second kappa shape index (κ2) is 8.47. The molecule has 1 N–H and O–H groups in total. The number of hydrogen-bond donors (Lipinski definition) is 1. The topological polar surface area (TPSA) is 55.4 Å². The van der Waals surface area contributed by atoms with Crippen molar-refractivity contribution < 1.29 is 14.3 Å². The second-order valence-corrected chi connectivity index (χ2v) is 6.33. The van der Waals surface area contributed by atoms with Gasteiger partial charge in [-0.05, 0) is 44.4 Å². The van der Waals surface area contributed by atoms with Crippen molar-refractivity contribution in [3.8, 4) is 0 Å². The van der Waals surface area contributed by atoms with E-state index in [2.05, 4.69) is 5.32 Å². The molecular weight excluding hydrogens is 314 g/mol. The fourth-order valence-electron chi connectivity index (χ4n) is 2.62. The summed E-state index contributed by atoms with van der Waals surface area (Å²) < 4.78 is 5.18. The monoisotopic (exact) mass is 339 g/mol. The van der Waals surface area contributed by atoms with Gasteiger partial charge < -0.3 is 10.1 Å². The minimum absolute atomic E-state index is 0.0903. The first-order valence-electron chi connectivity index (χ1n) is 8.51. The van der Waals surface area contributed by atoms with Gasteiger partial charge in [0.15, 0.2) is 6.61 Å². The van der Waals surface area contributed by atoms with Crippen LogP contribution in [0.15, 0.2) is 42.5 Å². The molecule has 0 heterocycles. The van der Waals surface area contributed by atoms with Crippen LogP contribution in [-0.2, 0) is 9.53 Å². The minimum atomic E-state index is -0.472. The molecule has 0 radical (unpaired) electrons. The number of esters is 1. The van der Waals surface area contributed by atoms with Crippen molar-refractivity contribution in [2.45, 2.75) is 40.2 Å². The summed E-state index contributed by atoms with van der Waals surface area (Å²) in [6, 6.07) is 13.5. The van der Waals surface area contributed by atoms with Gasteiger partial charge in [-0.2, -0.15) is 0 Å². The number of carbonyl (C=O) groups is 2. The van der Waals surface area contributed by atoms with E-state index in [9.17, 15) is 9.59 Å². The summed E-state index contributed by atoms with van der Waals surface area (Å²) >= 11 is 0. The molecule has 0 aliphatic carbocycles. The fourth-order valence-corrected chi connectivity index (χ4v) is 2.62. The molecule has 0 fully saturated rings. The van der Waals surface area contributed by atoms with Crippen LogP contribution >= 0.6 is 0 Å². The first-order chi connectivity index (χ1) is 11.9. The zero-order valence-corrected chi connectivity index (χ0v) is 15.3. The summed E-state index contributed by atoms with van der Waals surface area (Å²) in [7, 11) is 0. The van der Waals surface area contributed by atoms with Crippen molar-refractivity contribution in [3.05, 3.63) is 70.3 Å². The highest BCUT2D eigenvalue weighted by atomic mass is 16.5. The average Bonchev–Trinajstić information content (AvgIpc) is 2.60. The van der Waals surface area contributed by atoms with E-state index in [-0.39, 0.29) is 18.6 Å². The van der Waals surface area contributed by atoms with Gasteiger partial charge in [-0.15, -0.1) is 0 Å². The smallest absolute Gasteiger partial charge is 0.338 e. The zero-order valence-electron chi connectivity index (χ0n) is 15.3. The first kappa shape index (κ1) is 18.7. The van der Waals surface area contributed by atoms with Gasteiger partial charge in [0.1, 0.15) is 0 Å². The van der Waals surface area contributed by atoms with Crippen molar-refractivity contribution in [3.63, 3.8) is 0 Å². The van der Waals surface area contributed by atoms with Gasteiger partial charge >= 0.3 is 5.97 Å². The van der Waals surface area contributed by atoms with Crippen LogP contribution in [-0.4, -0.2) is 18.5 Å². The van der Waals surface area contributed by atoms with Crippen molar-refractivity contribution >= 4 is 11.9 Å². The van der Waals surface area contributed by atoms with Crippen LogP contribution in [0.2, 0.25) is 0 Å². The number of carbonyl (C=O) groups excluding carboxylic acids is 2. The number of nitrogens with one attached hydrogen (secondary N) is 1. The maximum absolute atomic E-state index is 12.2. The Bertz CT molecular complexity index is 750. The SMILES string of the molecule is CC[C@@H](NC(=O)COC(=O)c1cc(C)ccc1C)c1ccc(C)cc1. The number of ether oxygens (including phenoxy) is 1. The molecule has 4 heteroatoms. The molecule has 2 aromatic rings. The highest BCUT2D eigenvalue weighted by Crippen LogP contribution is 2.17. The summed E-state index contributed by atoms with van der Waals surface area (Å²) in [5.41, 5.74) is 4.53. The van der Waals surface area contributed by atoms with Gasteiger partial charge in [0, 0.05) is 0 Å². The zero-order chi connectivity index (χ0) is 18.4. The standard InChI is InChI=1S/C21H25NO3/c1-5-19(17-10-7-14(2)8-11-17)22-20(23)13-25-21(24)18-12-15(3)6-9-16(18)4/h6-12,19H,5,13H2,1-4H3,(H,22,23)/t19-/m1/s1. The lowest BCUT2D eigenvalue weighted by molar-refractivity contribution is -0.125. The maximum Gasteiger partial charge on any atom is 0.338 e. The Balaban J connectivity index is 1.94. The van der Waals surface area contributed by atoms with E-state index >= 15 is 0 Å². The normalized spacial score (nSPS) is 11.7. The predicted molar refractivity (Wildman–Crippen MR) is 98.6 cm³/mol. The van der Waals surface area contributed by atoms with Crippen LogP contribution < -0.4 is 5.32 Å². The molecular formula is C21H25NO3. The van der Waals surface area contributed by atoms with Gasteiger partial charge in [-0.1, -0.05) is 54.4 Å². The summed E-state index contributed by atoms with van der Waals surface area (Å²) in [6.45, 7) is 7.51. The lowest BCUT2D eigenvalue weighted by atomic mass is 10.0. The third-order valence-electron chi connectivity index (χ3n) is 4.17. The second-order valence-electron chi connectivity index (χ2n) is 6.33. The molecule has 4 nitrogen and oxygen atoms in total. The predicted octanol–water partition coefficient (Wildman–Crippen LogP) is 4.04. The van der Waals surface area contributed by atoms with Crippen LogP contribution in [0.25, 0.3) is 0 Å². The highest BCUT2D eigenvalue weighted by Gasteiger charge is 2.16. The Morgan fingerprint density at radius 2 is 1.64 bits per heavy atom. The van der Waals surface area contributed by atoms with Crippen LogP contribution in [0.3, 0.4) is 0 Å². The number of rotatable bonds is 6. The molecule has 2 rings (SSSR count). The summed E-state index contributed by atoms with van der Waals surface area (Å²) in [5, 5.41) is 2.92. The van der Waals surface area contributed by atoms with Crippen LogP contribution in [0, 0.1) is 20.8 Å². The molecule has 0 aliphatic rings. The fraction of sp³-hybridized carbons (Fsp3) is 0.333. The molecule has 0 saturated carbocycles. The molecule has 25 heavy (non-hydrogen) atoms. The molecule has 1 amide bonds. The van der Waals surface area contributed by atoms with Gasteiger partial charge in [-0.3, -0.25) is 4.79 Å². The van der Waals surface area contributed by atoms with Crippen LogP contribution in [0.4, 0.5) is 0 Å². The van der Waals surface area contributed by atoms with Crippen LogP contribution in [0.1, 0.15) is 52.0 Å². The largest absolute Gasteiger partial charge is 0.452 e. The lowest BCUT2D eigenvalue weighted by Crippen LogP contribution is -2.32. The summed E-state index contributed by atoms with van der Waals surface area (Å²) in [5.74, 6) is -0.772. The van der Waals surface area contributed by atoms with E-state index in [1.807, 2.05) is 64.1 Å². The Hall–Kier alpha value is -2.62. The number of hydrogen-bond acceptors (Lipinski definition) is 3. The minimum Gasteiger partial charge on any atom is -0.452 e. The third kappa shape index (κ3) is 5.18. The van der Waals surface area contributed by atoms with Gasteiger partial charge in [0.2, 0.25) is 0 Å². The molecule has 0 saturated heterocycles. The average molecular weight is 339 g/mol. The Labute approximate surface area is 149 Å². The van der Waals surface area contributed by atoms with Gasteiger partial charge in [0.25, 0.3) is 5.91 Å². The molecule has 0 spiro atoms. The van der Waals surface area contributed by atoms with Gasteiger partial charge in [0.05, 0.1) is 11.6 Å². The maximum atomic E-state index is 12.2. The summed E-state index contributed by atoms with van der Waals surface area (Å²) in [6.07, 6.45) is 0.764. The third-order valence-corrected chi connectivity index (χ3v) is 4.17. The van der Waals surface area contributed by atoms with Gasteiger partial charge in [-0.25, -0.2) is 4.79 Å². The molecule has 0 unspecified atom stereocenters. The van der Waals surface area contributed by atoms with E-state index in [0.717, 1.165) is 23.1 Å². The van der Waals surface area contributed by atoms with E-state index < -0.39 is 5.97 Å². The van der Waals surface area contributed by atoms with Crippen molar-refractivity contribution in [1.29, 1.82) is 0 Å². The molecule has 0 aromatic heterocycles. The number of amides is 1. The van der Waals surface area contributed by atoms with E-state index in [1.54, 1.807) is 6.07 Å².